The van der Waals surface area contributed by atoms with Gasteiger partial charge < -0.3 is 15.0 Å². The Labute approximate surface area is 183 Å². The lowest BCUT2D eigenvalue weighted by Crippen LogP contribution is -2.31. The van der Waals surface area contributed by atoms with E-state index in [2.05, 4.69) is 48.4 Å². The fraction of sp³-hybridized carbons (Fsp3) is 0.480. The van der Waals surface area contributed by atoms with E-state index in [1.54, 1.807) is 6.92 Å². The zero-order valence-corrected chi connectivity index (χ0v) is 19.0. The fourth-order valence-electron chi connectivity index (χ4n) is 4.14. The summed E-state index contributed by atoms with van der Waals surface area (Å²) >= 11 is 0. The third-order valence-corrected chi connectivity index (χ3v) is 5.80. The summed E-state index contributed by atoms with van der Waals surface area (Å²) in [7, 11) is 1.29. The normalized spacial score (nSPS) is 14.4. The Morgan fingerprint density at radius 1 is 1.16 bits per heavy atom. The van der Waals surface area contributed by atoms with E-state index in [0.29, 0.717) is 28.8 Å². The van der Waals surface area contributed by atoms with Crippen LogP contribution in [-0.4, -0.2) is 29.8 Å². The molecule has 0 bridgehead atoms. The van der Waals surface area contributed by atoms with Crippen LogP contribution < -0.4 is 5.32 Å². The van der Waals surface area contributed by atoms with Crippen LogP contribution in [0.4, 0.5) is 0 Å². The van der Waals surface area contributed by atoms with Crippen LogP contribution in [0.1, 0.15) is 82.9 Å². The van der Waals surface area contributed by atoms with Crippen LogP contribution in [0.25, 0.3) is 0 Å². The Balaban J connectivity index is 1.78. The number of nitrogens with one attached hydrogen (secondary N) is 2. The van der Waals surface area contributed by atoms with E-state index < -0.39 is 5.97 Å². The lowest BCUT2D eigenvalue weighted by Gasteiger charge is -2.19. The lowest BCUT2D eigenvalue weighted by molar-refractivity contribution is -0.121. The number of carbonyl (C=O) groups excluding carboxylic acids is 3. The van der Waals surface area contributed by atoms with E-state index in [0.717, 1.165) is 24.8 Å². The Kier molecular flexibility index (Phi) is 6.98. The molecule has 0 aliphatic heterocycles. The van der Waals surface area contributed by atoms with E-state index >= 15 is 0 Å². The second kappa shape index (κ2) is 9.50. The molecule has 1 fully saturated rings. The number of aromatic nitrogens is 1. The largest absolute Gasteiger partial charge is 0.465 e. The predicted octanol–water partition coefficient (Wildman–Crippen LogP) is 4.32. The molecule has 31 heavy (non-hydrogen) atoms. The maximum absolute atomic E-state index is 12.9. The summed E-state index contributed by atoms with van der Waals surface area (Å²) in [4.78, 5) is 40.1. The average molecular weight is 425 g/mol. The first-order chi connectivity index (χ1) is 14.7. The Bertz CT molecular complexity index is 968. The van der Waals surface area contributed by atoms with Crippen molar-refractivity contribution in [2.24, 2.45) is 11.8 Å². The van der Waals surface area contributed by atoms with Crippen molar-refractivity contribution in [3.05, 3.63) is 57.9 Å². The molecule has 1 aliphatic rings. The van der Waals surface area contributed by atoms with Crippen LogP contribution in [0.5, 0.6) is 0 Å². The highest BCUT2D eigenvalue weighted by atomic mass is 16.5. The van der Waals surface area contributed by atoms with E-state index in [1.807, 2.05) is 0 Å². The second-order valence-corrected chi connectivity index (χ2v) is 8.93. The third kappa shape index (κ3) is 5.43. The summed E-state index contributed by atoms with van der Waals surface area (Å²) in [5, 5.41) is 3.15. The minimum Gasteiger partial charge on any atom is -0.465 e. The number of hydrogen-bond donors (Lipinski definition) is 2. The molecule has 1 atom stereocenters. The molecule has 6 heteroatoms. The molecule has 1 aromatic carbocycles. The molecule has 0 spiro atoms. The summed E-state index contributed by atoms with van der Waals surface area (Å²) in [5.74, 6) is 0.0934. The molecule has 0 saturated heterocycles. The first kappa shape index (κ1) is 22.8. The van der Waals surface area contributed by atoms with Gasteiger partial charge in [-0.05, 0) is 54.7 Å². The van der Waals surface area contributed by atoms with Crippen molar-refractivity contribution in [2.45, 2.75) is 59.4 Å². The van der Waals surface area contributed by atoms with Gasteiger partial charge in [0.25, 0.3) is 0 Å². The maximum atomic E-state index is 12.9. The number of H-pyrrole nitrogens is 1. The topological polar surface area (TPSA) is 88.3 Å². The van der Waals surface area contributed by atoms with Gasteiger partial charge in [0.05, 0.1) is 30.8 Å². The van der Waals surface area contributed by atoms with Crippen LogP contribution in [0.2, 0.25) is 0 Å². The van der Waals surface area contributed by atoms with Crippen molar-refractivity contribution < 1.29 is 19.1 Å². The van der Waals surface area contributed by atoms with Crippen LogP contribution in [0.3, 0.4) is 0 Å². The molecular formula is C25H32N2O4. The van der Waals surface area contributed by atoms with Gasteiger partial charge in [0.2, 0.25) is 5.91 Å². The maximum Gasteiger partial charge on any atom is 0.339 e. The van der Waals surface area contributed by atoms with E-state index in [4.69, 9.17) is 4.74 Å². The number of aromatic amines is 1. The quantitative estimate of drug-likeness (QED) is 0.463. The molecule has 1 aliphatic carbocycles. The van der Waals surface area contributed by atoms with Crippen molar-refractivity contribution in [3.8, 4) is 0 Å². The van der Waals surface area contributed by atoms with Gasteiger partial charge in [0, 0.05) is 12.6 Å². The van der Waals surface area contributed by atoms with Gasteiger partial charge in [-0.25, -0.2) is 4.79 Å². The minimum absolute atomic E-state index is 0.0206. The first-order valence-corrected chi connectivity index (χ1v) is 10.9. The van der Waals surface area contributed by atoms with E-state index in [-0.39, 0.29) is 29.7 Å². The van der Waals surface area contributed by atoms with Crippen molar-refractivity contribution in [1.29, 1.82) is 0 Å². The highest BCUT2D eigenvalue weighted by Crippen LogP contribution is 2.41. The van der Waals surface area contributed by atoms with E-state index in [1.165, 1.54) is 19.6 Å². The number of carbonyl (C=O) groups is 3. The van der Waals surface area contributed by atoms with Gasteiger partial charge in [-0.3, -0.25) is 9.59 Å². The molecule has 2 N–H and O–H groups in total. The highest BCUT2D eigenvalue weighted by molar-refractivity contribution is 6.01. The number of esters is 1. The number of Topliss-reactive ketones (excluding diaryl/α,β-unsaturated/α-hetero) is 1. The van der Waals surface area contributed by atoms with Gasteiger partial charge in [-0.15, -0.1) is 0 Å². The first-order valence-electron chi connectivity index (χ1n) is 10.9. The number of ether oxygens (including phenoxy) is 1. The molecule has 2 aromatic rings. The van der Waals surface area contributed by atoms with Crippen molar-refractivity contribution in [3.63, 3.8) is 0 Å². The Hall–Kier alpha value is -2.89. The molecule has 1 amide bonds. The molecular weight excluding hydrogens is 392 g/mol. The number of hydrogen-bond acceptors (Lipinski definition) is 4. The molecule has 0 radical (unpaired) electrons. The summed E-state index contributed by atoms with van der Waals surface area (Å²) in [6.45, 7) is 7.51. The number of amides is 1. The molecule has 1 saturated carbocycles. The van der Waals surface area contributed by atoms with Crippen LogP contribution >= 0.6 is 0 Å². The highest BCUT2D eigenvalue weighted by Gasteiger charge is 2.34. The zero-order valence-electron chi connectivity index (χ0n) is 19.0. The summed E-state index contributed by atoms with van der Waals surface area (Å²) in [5.41, 5.74) is 3.92. The molecule has 6 nitrogen and oxygen atoms in total. The molecule has 1 heterocycles. The average Bonchev–Trinajstić information content (AvgIpc) is 3.50. The van der Waals surface area contributed by atoms with Crippen LogP contribution in [0.15, 0.2) is 24.3 Å². The Morgan fingerprint density at radius 2 is 1.81 bits per heavy atom. The van der Waals surface area contributed by atoms with Crippen LogP contribution in [0, 0.1) is 18.8 Å². The number of methoxy groups -OCH3 is 1. The van der Waals surface area contributed by atoms with Gasteiger partial charge in [-0.1, -0.05) is 38.1 Å². The number of ketones is 1. The lowest BCUT2D eigenvalue weighted by atomic mass is 9.97. The van der Waals surface area contributed by atoms with Gasteiger partial charge >= 0.3 is 5.97 Å². The molecule has 1 unspecified atom stereocenters. The predicted molar refractivity (Wildman–Crippen MR) is 119 cm³/mol. The van der Waals surface area contributed by atoms with Crippen molar-refractivity contribution >= 4 is 17.7 Å². The summed E-state index contributed by atoms with van der Waals surface area (Å²) in [6, 6.07) is 8.44. The molecule has 166 valence electrons. The van der Waals surface area contributed by atoms with Crippen molar-refractivity contribution in [1.82, 2.24) is 10.3 Å². The second-order valence-electron chi connectivity index (χ2n) is 8.93. The monoisotopic (exact) mass is 424 g/mol. The van der Waals surface area contributed by atoms with Crippen molar-refractivity contribution in [2.75, 3.05) is 7.11 Å². The Morgan fingerprint density at radius 3 is 2.32 bits per heavy atom. The molecule has 3 rings (SSSR count). The van der Waals surface area contributed by atoms with Crippen LogP contribution in [-0.2, 0) is 22.4 Å². The fourth-order valence-corrected chi connectivity index (χ4v) is 4.14. The standard InChI is InChI=1S/C25H32N2O4/c1-14(2)12-17-6-8-18(9-7-17)24(19-10-11-19)27-21(29)13-20-22(25(30)31-5)15(3)23(26-20)16(4)28/h6-9,14,19,24,26H,10-13H2,1-5H3,(H,27,29). The number of benzene rings is 1. The van der Waals surface area contributed by atoms with Gasteiger partial charge in [0.1, 0.15) is 0 Å². The SMILES string of the molecule is COC(=O)c1c(CC(=O)NC(c2ccc(CC(C)C)cc2)C2CC2)[nH]c(C(C)=O)c1C. The minimum atomic E-state index is -0.552. The van der Waals surface area contributed by atoms with Gasteiger partial charge in [-0.2, -0.15) is 0 Å². The van der Waals surface area contributed by atoms with Gasteiger partial charge in [0.15, 0.2) is 5.78 Å². The van der Waals surface area contributed by atoms with E-state index in [9.17, 15) is 14.4 Å². The summed E-state index contributed by atoms with van der Waals surface area (Å²) in [6.07, 6.45) is 3.18. The smallest absolute Gasteiger partial charge is 0.339 e. The number of rotatable bonds is 9. The zero-order chi connectivity index (χ0) is 22.7. The molecule has 1 aromatic heterocycles. The summed E-state index contributed by atoms with van der Waals surface area (Å²) < 4.78 is 4.87. The third-order valence-electron chi connectivity index (χ3n) is 5.80.